The highest BCUT2D eigenvalue weighted by molar-refractivity contribution is 5.77. The summed E-state index contributed by atoms with van der Waals surface area (Å²) in [6.45, 7) is 0. The van der Waals surface area contributed by atoms with E-state index in [9.17, 15) is 0 Å². The van der Waals surface area contributed by atoms with Crippen LogP contribution in [-0.2, 0) is 11.2 Å². The van der Waals surface area contributed by atoms with E-state index in [1.165, 1.54) is 24.0 Å². The lowest BCUT2D eigenvalue weighted by molar-refractivity contribution is 0.0935. The van der Waals surface area contributed by atoms with Gasteiger partial charge in [0.15, 0.2) is 0 Å². The van der Waals surface area contributed by atoms with Gasteiger partial charge in [-0.25, -0.2) is 0 Å². The molecule has 78 valence electrons. The lowest BCUT2D eigenvalue weighted by Crippen LogP contribution is -2.15. The van der Waals surface area contributed by atoms with Gasteiger partial charge in [0, 0.05) is 7.11 Å². The van der Waals surface area contributed by atoms with Crippen molar-refractivity contribution in [1.82, 2.24) is 0 Å². The third-order valence-corrected chi connectivity index (χ3v) is 3.70. The van der Waals surface area contributed by atoms with Gasteiger partial charge in [-0.15, -0.1) is 0 Å². The van der Waals surface area contributed by atoms with E-state index in [0.717, 1.165) is 12.8 Å². The smallest absolute Gasteiger partial charge is 0.0611 e. The molecule has 0 N–H and O–H groups in total. The Hall–Kier alpha value is -1.08. The van der Waals surface area contributed by atoms with Gasteiger partial charge in [-0.3, -0.25) is 0 Å². The van der Waals surface area contributed by atoms with Gasteiger partial charge >= 0.3 is 0 Å². The molecule has 0 heterocycles. The number of benzene rings is 1. The molecule has 1 nitrogen and oxygen atoms in total. The van der Waals surface area contributed by atoms with E-state index in [0.29, 0.717) is 6.10 Å². The second kappa shape index (κ2) is 3.49. The second-order valence-electron chi connectivity index (χ2n) is 4.52. The molecule has 1 unspecified atom stereocenters. The lowest BCUT2D eigenvalue weighted by atomic mass is 9.90. The fourth-order valence-electron chi connectivity index (χ4n) is 2.89. The molecule has 1 aromatic rings. The van der Waals surface area contributed by atoms with Gasteiger partial charge in [-0.2, -0.15) is 0 Å². The average Bonchev–Trinajstić information content (AvgIpc) is 2.66. The van der Waals surface area contributed by atoms with Crippen molar-refractivity contribution in [3.8, 4) is 0 Å². The van der Waals surface area contributed by atoms with Crippen LogP contribution in [0, 0.1) is 0 Å². The predicted molar refractivity (Wildman–Crippen MR) is 61.7 cm³/mol. The van der Waals surface area contributed by atoms with Gasteiger partial charge < -0.3 is 4.74 Å². The molecule has 15 heavy (non-hydrogen) atoms. The Balaban J connectivity index is 1.96. The Bertz CT molecular complexity index is 417. The average molecular weight is 200 g/mol. The number of rotatable bonds is 1. The summed E-state index contributed by atoms with van der Waals surface area (Å²) in [4.78, 5) is 0. The minimum Gasteiger partial charge on any atom is -0.381 e. The van der Waals surface area contributed by atoms with Crippen LogP contribution < -0.4 is 0 Å². The van der Waals surface area contributed by atoms with Crippen molar-refractivity contribution in [3.63, 3.8) is 0 Å². The predicted octanol–water partition coefficient (Wildman–Crippen LogP) is 3.20. The molecule has 1 atom stereocenters. The van der Waals surface area contributed by atoms with E-state index in [1.807, 2.05) is 7.11 Å². The third-order valence-electron chi connectivity index (χ3n) is 3.70. The topological polar surface area (TPSA) is 9.23 Å². The van der Waals surface area contributed by atoms with Crippen molar-refractivity contribution in [2.75, 3.05) is 7.11 Å². The van der Waals surface area contributed by atoms with E-state index in [2.05, 4.69) is 24.3 Å². The molecule has 0 saturated heterocycles. The molecule has 2 aliphatic carbocycles. The van der Waals surface area contributed by atoms with Crippen LogP contribution in [0.3, 0.4) is 0 Å². The molecule has 0 spiro atoms. The third kappa shape index (κ3) is 1.42. The highest BCUT2D eigenvalue weighted by atomic mass is 16.5. The van der Waals surface area contributed by atoms with Crippen molar-refractivity contribution in [2.24, 2.45) is 0 Å². The van der Waals surface area contributed by atoms with Crippen LogP contribution in [0.2, 0.25) is 0 Å². The lowest BCUT2D eigenvalue weighted by Gasteiger charge is -2.22. The van der Waals surface area contributed by atoms with Crippen molar-refractivity contribution in [2.45, 2.75) is 31.8 Å². The Labute approximate surface area is 90.8 Å². The zero-order valence-electron chi connectivity index (χ0n) is 9.12. The molecular formula is C14H16O. The molecule has 1 aromatic carbocycles. The van der Waals surface area contributed by atoms with Gasteiger partial charge in [-0.1, -0.05) is 29.8 Å². The summed E-state index contributed by atoms with van der Waals surface area (Å²) in [6.07, 6.45) is 5.14. The molecule has 0 amide bonds. The summed E-state index contributed by atoms with van der Waals surface area (Å²) >= 11 is 0. The van der Waals surface area contributed by atoms with Gasteiger partial charge in [0.25, 0.3) is 0 Å². The summed E-state index contributed by atoms with van der Waals surface area (Å²) in [5.41, 5.74) is 6.24. The molecule has 0 saturated carbocycles. The SMILES string of the molecule is COC1CCC2=C(Cc3ccccc32)C1. The van der Waals surface area contributed by atoms with Crippen LogP contribution in [0.4, 0.5) is 0 Å². The van der Waals surface area contributed by atoms with Gasteiger partial charge in [-0.05, 0) is 42.4 Å². The first-order valence-corrected chi connectivity index (χ1v) is 5.70. The van der Waals surface area contributed by atoms with Crippen molar-refractivity contribution >= 4 is 5.57 Å². The molecule has 0 fully saturated rings. The van der Waals surface area contributed by atoms with Crippen LogP contribution in [0.5, 0.6) is 0 Å². The van der Waals surface area contributed by atoms with E-state index >= 15 is 0 Å². The molecule has 0 radical (unpaired) electrons. The van der Waals surface area contributed by atoms with E-state index < -0.39 is 0 Å². The molecule has 2 aliphatic rings. The molecule has 0 aliphatic heterocycles. The molecule has 3 rings (SSSR count). The van der Waals surface area contributed by atoms with Crippen LogP contribution in [-0.4, -0.2) is 13.2 Å². The Kier molecular flexibility index (Phi) is 2.14. The number of ether oxygens (including phenoxy) is 1. The minimum atomic E-state index is 0.457. The Morgan fingerprint density at radius 1 is 1.27 bits per heavy atom. The fraction of sp³-hybridized carbons (Fsp3) is 0.429. The summed E-state index contributed by atoms with van der Waals surface area (Å²) in [5.74, 6) is 0. The number of methoxy groups -OCH3 is 1. The summed E-state index contributed by atoms with van der Waals surface area (Å²) in [5, 5.41) is 0. The van der Waals surface area contributed by atoms with Crippen LogP contribution in [0.25, 0.3) is 5.57 Å². The van der Waals surface area contributed by atoms with Crippen molar-refractivity contribution in [1.29, 1.82) is 0 Å². The Morgan fingerprint density at radius 2 is 2.13 bits per heavy atom. The van der Waals surface area contributed by atoms with Crippen LogP contribution >= 0.6 is 0 Å². The van der Waals surface area contributed by atoms with E-state index in [-0.39, 0.29) is 0 Å². The molecule has 0 aromatic heterocycles. The van der Waals surface area contributed by atoms with E-state index in [1.54, 1.807) is 11.1 Å². The van der Waals surface area contributed by atoms with Gasteiger partial charge in [0.2, 0.25) is 0 Å². The maximum atomic E-state index is 5.46. The standard InChI is InChI=1S/C14H16O/c1-15-12-6-7-14-11(9-12)8-10-4-2-3-5-13(10)14/h2-5,12H,6-9H2,1H3. The maximum Gasteiger partial charge on any atom is 0.0611 e. The zero-order chi connectivity index (χ0) is 10.3. The summed E-state index contributed by atoms with van der Waals surface area (Å²) in [7, 11) is 1.83. The maximum absolute atomic E-state index is 5.46. The number of hydrogen-bond acceptors (Lipinski definition) is 1. The number of allylic oxidation sites excluding steroid dienone is 1. The summed E-state index contributed by atoms with van der Waals surface area (Å²) in [6, 6.07) is 8.82. The first kappa shape index (κ1) is 9.17. The largest absolute Gasteiger partial charge is 0.381 e. The second-order valence-corrected chi connectivity index (χ2v) is 4.52. The van der Waals surface area contributed by atoms with Crippen LogP contribution in [0.15, 0.2) is 29.8 Å². The Morgan fingerprint density at radius 3 is 3.00 bits per heavy atom. The quantitative estimate of drug-likeness (QED) is 0.676. The molecule has 1 heteroatoms. The van der Waals surface area contributed by atoms with Crippen LogP contribution in [0.1, 0.15) is 30.4 Å². The number of fused-ring (bicyclic) bond motifs is 2. The van der Waals surface area contributed by atoms with Gasteiger partial charge in [0.05, 0.1) is 6.10 Å². The normalized spacial score (nSPS) is 23.9. The fourth-order valence-corrected chi connectivity index (χ4v) is 2.89. The highest BCUT2D eigenvalue weighted by Crippen LogP contribution is 2.41. The van der Waals surface area contributed by atoms with Crippen molar-refractivity contribution < 1.29 is 4.74 Å². The van der Waals surface area contributed by atoms with Gasteiger partial charge in [0.1, 0.15) is 0 Å². The van der Waals surface area contributed by atoms with Crippen molar-refractivity contribution in [3.05, 3.63) is 41.0 Å². The minimum absolute atomic E-state index is 0.457. The monoisotopic (exact) mass is 200 g/mol. The first-order valence-electron chi connectivity index (χ1n) is 5.70. The summed E-state index contributed by atoms with van der Waals surface area (Å²) < 4.78 is 5.46. The van der Waals surface area contributed by atoms with E-state index in [4.69, 9.17) is 4.74 Å². The molecule has 0 bridgehead atoms. The number of hydrogen-bond donors (Lipinski definition) is 0. The highest BCUT2D eigenvalue weighted by Gasteiger charge is 2.27. The molecular weight excluding hydrogens is 184 g/mol. The zero-order valence-corrected chi connectivity index (χ0v) is 9.12. The first-order chi connectivity index (χ1) is 7.38.